The van der Waals surface area contributed by atoms with Gasteiger partial charge in [0.2, 0.25) is 14.3 Å². The van der Waals surface area contributed by atoms with Crippen LogP contribution in [-0.2, 0) is 26.5 Å². The highest BCUT2D eigenvalue weighted by atomic mass is 79.9. The third kappa shape index (κ3) is 5.82. The van der Waals surface area contributed by atoms with Gasteiger partial charge in [0.15, 0.2) is 5.60 Å². The van der Waals surface area contributed by atoms with Gasteiger partial charge < -0.3 is 29.1 Å². The minimum Gasteiger partial charge on any atom is -0.394 e. The van der Waals surface area contributed by atoms with E-state index in [0.29, 0.717) is 29.0 Å². The number of amides is 3. The zero-order valence-corrected chi connectivity index (χ0v) is 28.8. The molecular formula is C35H39BrFN3O5Si. The topological polar surface area (TPSA) is 99.2 Å². The summed E-state index contributed by atoms with van der Waals surface area (Å²) in [6.07, 6.45) is 0.698. The molecule has 0 aliphatic carbocycles. The smallest absolute Gasteiger partial charge is 0.264 e. The number of nitrogens with zero attached hydrogens (tertiary/aromatic N) is 2. The lowest BCUT2D eigenvalue weighted by Gasteiger charge is -2.31. The van der Waals surface area contributed by atoms with Crippen molar-refractivity contribution in [2.24, 2.45) is 5.92 Å². The Balaban J connectivity index is 1.31. The minimum absolute atomic E-state index is 0.0482. The summed E-state index contributed by atoms with van der Waals surface area (Å²) in [4.78, 5) is 44.4. The molecule has 2 N–H and O–H groups in total. The van der Waals surface area contributed by atoms with Gasteiger partial charge in [-0.15, -0.1) is 0 Å². The number of nitrogens with one attached hydrogen (secondary N) is 1. The first-order chi connectivity index (χ1) is 21.9. The average molecular weight is 709 g/mol. The quantitative estimate of drug-likeness (QED) is 0.209. The number of hydrogen-bond donors (Lipinski definition) is 2. The van der Waals surface area contributed by atoms with Gasteiger partial charge in [-0.1, -0.05) is 53.2 Å². The molecule has 3 aliphatic rings. The lowest BCUT2D eigenvalue weighted by molar-refractivity contribution is -0.150. The summed E-state index contributed by atoms with van der Waals surface area (Å²) in [6.45, 7) is 5.75. The SMILES string of the molecule is C[C@@H]1[C@@H]([Si](C)(C)F)[C@H](CC(=O)N2CCC[C@H]2CO)O[C@@]12C(=O)N(Cc1cccc(NC(=O)c3ccccc3)c1)c1ccc(Br)cc12. The number of ether oxygens (including phenoxy) is 1. The summed E-state index contributed by atoms with van der Waals surface area (Å²) in [6, 6.07) is 21.7. The van der Waals surface area contributed by atoms with E-state index in [0.717, 1.165) is 22.9 Å². The van der Waals surface area contributed by atoms with Gasteiger partial charge in [0.1, 0.15) is 0 Å². The zero-order valence-electron chi connectivity index (χ0n) is 26.2. The third-order valence-electron chi connectivity index (χ3n) is 9.77. The van der Waals surface area contributed by atoms with Crippen LogP contribution in [0.3, 0.4) is 0 Å². The van der Waals surface area contributed by atoms with Gasteiger partial charge in [-0.3, -0.25) is 14.4 Å². The number of fused-ring (bicyclic) bond motifs is 2. The van der Waals surface area contributed by atoms with E-state index >= 15 is 4.11 Å². The van der Waals surface area contributed by atoms with Crippen LogP contribution in [0, 0.1) is 5.92 Å². The van der Waals surface area contributed by atoms with Crippen molar-refractivity contribution in [3.63, 3.8) is 0 Å². The molecule has 3 heterocycles. The number of carbonyl (C=O) groups is 3. The minimum atomic E-state index is -3.46. The molecule has 6 rings (SSSR count). The van der Waals surface area contributed by atoms with Gasteiger partial charge in [0, 0.05) is 39.3 Å². The number of likely N-dealkylation sites (tertiary alicyclic amines) is 1. The van der Waals surface area contributed by atoms with Gasteiger partial charge in [0.05, 0.1) is 37.4 Å². The molecule has 3 aliphatic heterocycles. The van der Waals surface area contributed by atoms with Crippen LogP contribution < -0.4 is 10.2 Å². The monoisotopic (exact) mass is 707 g/mol. The van der Waals surface area contributed by atoms with Crippen LogP contribution in [0.2, 0.25) is 18.6 Å². The van der Waals surface area contributed by atoms with Gasteiger partial charge in [-0.2, -0.15) is 0 Å². The maximum Gasteiger partial charge on any atom is 0.264 e. The Hall–Kier alpha value is -3.38. The van der Waals surface area contributed by atoms with Crippen molar-refractivity contribution in [1.29, 1.82) is 0 Å². The van der Waals surface area contributed by atoms with Gasteiger partial charge in [-0.25, -0.2) is 0 Å². The Labute approximate surface area is 278 Å². The zero-order chi connectivity index (χ0) is 32.8. The first kappa shape index (κ1) is 32.6. The number of halogens is 2. The van der Waals surface area contributed by atoms with Gasteiger partial charge >= 0.3 is 0 Å². The van der Waals surface area contributed by atoms with Crippen molar-refractivity contribution in [3.8, 4) is 0 Å². The van der Waals surface area contributed by atoms with E-state index in [-0.39, 0.29) is 43.3 Å². The van der Waals surface area contributed by atoms with Crippen molar-refractivity contribution < 1.29 is 28.3 Å². The number of hydrogen-bond acceptors (Lipinski definition) is 5. The molecule has 242 valence electrons. The highest BCUT2D eigenvalue weighted by Gasteiger charge is 2.67. The molecule has 11 heteroatoms. The van der Waals surface area contributed by atoms with Crippen molar-refractivity contribution >= 4 is 53.4 Å². The third-order valence-corrected chi connectivity index (χ3v) is 12.7. The Morgan fingerprint density at radius 1 is 1.11 bits per heavy atom. The van der Waals surface area contributed by atoms with E-state index in [1.807, 2.05) is 49.4 Å². The number of benzene rings is 3. The van der Waals surface area contributed by atoms with Gasteiger partial charge in [0.25, 0.3) is 11.8 Å². The molecule has 2 saturated heterocycles. The summed E-state index contributed by atoms with van der Waals surface area (Å²) in [7, 11) is -3.46. The average Bonchev–Trinajstić information content (AvgIpc) is 3.68. The van der Waals surface area contributed by atoms with E-state index in [4.69, 9.17) is 4.74 Å². The highest BCUT2D eigenvalue weighted by molar-refractivity contribution is 9.10. The van der Waals surface area contributed by atoms with Crippen LogP contribution in [0.25, 0.3) is 0 Å². The molecule has 2 fully saturated rings. The molecule has 0 bridgehead atoms. The van der Waals surface area contributed by atoms with Crippen LogP contribution in [0.4, 0.5) is 15.5 Å². The summed E-state index contributed by atoms with van der Waals surface area (Å²) in [5.41, 5.74) is 1.17. The second-order valence-corrected chi connectivity index (χ2v) is 17.8. The predicted octanol–water partition coefficient (Wildman–Crippen LogP) is 6.40. The van der Waals surface area contributed by atoms with Crippen LogP contribution in [0.1, 0.15) is 47.7 Å². The Morgan fingerprint density at radius 3 is 2.59 bits per heavy atom. The summed E-state index contributed by atoms with van der Waals surface area (Å²) in [5.74, 6) is -1.24. The highest BCUT2D eigenvalue weighted by Crippen LogP contribution is 2.60. The van der Waals surface area contributed by atoms with Crippen LogP contribution >= 0.6 is 15.9 Å². The molecule has 0 unspecified atom stereocenters. The van der Waals surface area contributed by atoms with E-state index in [1.165, 1.54) is 0 Å². The van der Waals surface area contributed by atoms with Crippen LogP contribution in [0.5, 0.6) is 0 Å². The van der Waals surface area contributed by atoms with Gasteiger partial charge in [-0.05, 0) is 74.0 Å². The van der Waals surface area contributed by atoms with E-state index in [2.05, 4.69) is 21.2 Å². The van der Waals surface area contributed by atoms with Crippen LogP contribution in [0.15, 0.2) is 77.3 Å². The van der Waals surface area contributed by atoms with Crippen molar-refractivity contribution in [1.82, 2.24) is 4.90 Å². The Morgan fingerprint density at radius 2 is 1.87 bits per heavy atom. The van der Waals surface area contributed by atoms with Crippen molar-refractivity contribution in [3.05, 3.63) is 94.0 Å². The van der Waals surface area contributed by atoms with E-state index < -0.39 is 31.6 Å². The standard InChI is InChI=1S/C35H39BrFN3O5Si/c1-22-32(46(2,3)37)30(19-31(42)39-16-8-13-27(39)21-41)45-35(22)28-18-25(36)14-15-29(28)40(34(35)44)20-23-9-7-12-26(17-23)38-33(43)24-10-5-4-6-11-24/h4-7,9-12,14-15,17-18,22,27,30,32,41H,8,13,16,19-21H2,1-3H3,(H,38,43)/t22-,27+,30+,32-,35+/m1/s1. The van der Waals surface area contributed by atoms with Crippen LogP contribution in [-0.4, -0.2) is 61.4 Å². The second kappa shape index (κ2) is 12.7. The summed E-state index contributed by atoms with van der Waals surface area (Å²) < 4.78 is 23.7. The Kier molecular flexibility index (Phi) is 8.97. The summed E-state index contributed by atoms with van der Waals surface area (Å²) >= 11 is 3.57. The summed E-state index contributed by atoms with van der Waals surface area (Å²) in [5, 5.41) is 12.7. The van der Waals surface area contributed by atoms with Crippen molar-refractivity contribution in [2.45, 2.75) is 69.1 Å². The van der Waals surface area contributed by atoms with E-state index in [1.54, 1.807) is 53.2 Å². The molecule has 5 atom stereocenters. The fraction of sp³-hybridized carbons (Fsp3) is 0.400. The van der Waals surface area contributed by atoms with Crippen molar-refractivity contribution in [2.75, 3.05) is 23.4 Å². The molecule has 3 aromatic carbocycles. The lowest BCUT2D eigenvalue weighted by atomic mass is 9.82. The fourth-order valence-corrected chi connectivity index (χ4v) is 10.6. The first-order valence-corrected chi connectivity index (χ1v) is 19.5. The number of carbonyl (C=O) groups excluding carboxylic acids is 3. The number of anilines is 2. The fourth-order valence-electron chi connectivity index (χ4n) is 7.74. The molecule has 0 radical (unpaired) electrons. The molecule has 1 spiro atoms. The predicted molar refractivity (Wildman–Crippen MR) is 181 cm³/mol. The second-order valence-electron chi connectivity index (χ2n) is 13.1. The first-order valence-electron chi connectivity index (χ1n) is 15.8. The maximum absolute atomic E-state index is 16.2. The molecule has 3 aromatic rings. The number of aliphatic hydroxyl groups is 1. The molecule has 46 heavy (non-hydrogen) atoms. The Bertz CT molecular complexity index is 1650. The lowest BCUT2D eigenvalue weighted by Crippen LogP contribution is -2.45. The molecule has 3 amide bonds. The number of aliphatic hydroxyl groups excluding tert-OH is 1. The normalized spacial score (nSPS) is 25.7. The number of rotatable bonds is 8. The molecule has 0 aromatic heterocycles. The largest absolute Gasteiger partial charge is 0.394 e. The van der Waals surface area contributed by atoms with E-state index in [9.17, 15) is 19.5 Å². The molecule has 0 saturated carbocycles. The molecular weight excluding hydrogens is 669 g/mol. The molecule has 8 nitrogen and oxygen atoms in total. The maximum atomic E-state index is 16.2.